The van der Waals surface area contributed by atoms with Crippen LogP contribution in [0.25, 0.3) is 0 Å². The largest absolute Gasteiger partial charge is 0.465 e. The molecule has 0 fully saturated rings. The highest BCUT2D eigenvalue weighted by atomic mass is 16.5. The fraction of sp³-hybridized carbons (Fsp3) is 0.967. The average Bonchev–Trinajstić information content (AvgIpc) is 2.80. The Kier molecular flexibility index (Phi) is 24.7. The van der Waals surface area contributed by atoms with Crippen LogP contribution in [0.3, 0.4) is 0 Å². The van der Waals surface area contributed by atoms with Gasteiger partial charge in [0.2, 0.25) is 0 Å². The van der Waals surface area contributed by atoms with Gasteiger partial charge in [-0.05, 0) is 25.2 Å². The third-order valence-electron chi connectivity index (χ3n) is 7.04. The number of carbonyl (C=O) groups excluding carboxylic acids is 1. The molecule has 0 saturated carbocycles. The third-order valence-corrected chi connectivity index (χ3v) is 7.04. The number of ether oxygens (including phenoxy) is 1. The molecule has 0 rings (SSSR count). The number of carbonyl (C=O) groups is 1. The topological polar surface area (TPSA) is 26.3 Å². The van der Waals surface area contributed by atoms with Crippen molar-refractivity contribution in [3.05, 3.63) is 0 Å². The van der Waals surface area contributed by atoms with Gasteiger partial charge in [0, 0.05) is 0 Å². The summed E-state index contributed by atoms with van der Waals surface area (Å²) >= 11 is 0. The van der Waals surface area contributed by atoms with Gasteiger partial charge < -0.3 is 4.74 Å². The SMILES string of the molecule is CCCCCCCCCCCCCCC(CCCCCCC)COC(=O)C(C)CCCC. The summed E-state index contributed by atoms with van der Waals surface area (Å²) in [5.41, 5.74) is 0. The molecule has 0 aliphatic heterocycles. The first-order valence-corrected chi connectivity index (χ1v) is 14.8. The fourth-order valence-electron chi connectivity index (χ4n) is 4.59. The van der Waals surface area contributed by atoms with Gasteiger partial charge in [-0.15, -0.1) is 0 Å². The van der Waals surface area contributed by atoms with Gasteiger partial charge in [-0.25, -0.2) is 0 Å². The summed E-state index contributed by atoms with van der Waals surface area (Å²) < 4.78 is 5.76. The van der Waals surface area contributed by atoms with E-state index in [-0.39, 0.29) is 11.9 Å². The van der Waals surface area contributed by atoms with Crippen LogP contribution in [0.1, 0.15) is 169 Å². The van der Waals surface area contributed by atoms with Gasteiger partial charge in [-0.3, -0.25) is 4.79 Å². The Hall–Kier alpha value is -0.530. The molecule has 32 heavy (non-hydrogen) atoms. The van der Waals surface area contributed by atoms with Crippen molar-refractivity contribution in [2.24, 2.45) is 11.8 Å². The standard InChI is InChI=1S/C30H60O2/c1-5-8-11-13-14-15-16-17-18-19-21-23-26-29(25-22-20-12-9-6-2)27-32-30(31)28(4)24-10-7-3/h28-29H,5-27H2,1-4H3. The Bertz CT molecular complexity index is 379. The summed E-state index contributed by atoms with van der Waals surface area (Å²) in [7, 11) is 0. The number of unbranched alkanes of at least 4 members (excludes halogenated alkanes) is 16. The fourth-order valence-corrected chi connectivity index (χ4v) is 4.59. The van der Waals surface area contributed by atoms with E-state index in [1.807, 2.05) is 6.92 Å². The molecule has 0 aliphatic carbocycles. The Labute approximate surface area is 203 Å². The highest BCUT2D eigenvalue weighted by Gasteiger charge is 2.17. The minimum atomic E-state index is 0.0316. The van der Waals surface area contributed by atoms with Crippen molar-refractivity contribution in [2.75, 3.05) is 6.61 Å². The minimum Gasteiger partial charge on any atom is -0.465 e. The zero-order chi connectivity index (χ0) is 23.7. The summed E-state index contributed by atoms with van der Waals surface area (Å²) in [6.07, 6.45) is 29.2. The maximum absolute atomic E-state index is 12.3. The molecule has 2 nitrogen and oxygen atoms in total. The van der Waals surface area contributed by atoms with Gasteiger partial charge in [-0.2, -0.15) is 0 Å². The van der Waals surface area contributed by atoms with Gasteiger partial charge in [-0.1, -0.05) is 150 Å². The monoisotopic (exact) mass is 452 g/mol. The normalized spacial score (nSPS) is 13.2. The molecular formula is C30H60O2. The highest BCUT2D eigenvalue weighted by molar-refractivity contribution is 5.71. The first-order valence-electron chi connectivity index (χ1n) is 14.8. The van der Waals surface area contributed by atoms with Crippen molar-refractivity contribution in [1.29, 1.82) is 0 Å². The van der Waals surface area contributed by atoms with E-state index in [2.05, 4.69) is 20.8 Å². The van der Waals surface area contributed by atoms with E-state index in [4.69, 9.17) is 4.74 Å². The van der Waals surface area contributed by atoms with E-state index in [9.17, 15) is 4.79 Å². The van der Waals surface area contributed by atoms with Gasteiger partial charge >= 0.3 is 5.97 Å². The van der Waals surface area contributed by atoms with Crippen molar-refractivity contribution in [1.82, 2.24) is 0 Å². The zero-order valence-electron chi connectivity index (χ0n) is 22.7. The van der Waals surface area contributed by atoms with Crippen molar-refractivity contribution in [3.8, 4) is 0 Å². The summed E-state index contributed by atoms with van der Waals surface area (Å²) in [6, 6.07) is 0. The van der Waals surface area contributed by atoms with Gasteiger partial charge in [0.05, 0.1) is 12.5 Å². The summed E-state index contributed by atoms with van der Waals surface area (Å²) in [6.45, 7) is 9.43. The van der Waals surface area contributed by atoms with E-state index >= 15 is 0 Å². The third kappa shape index (κ3) is 21.3. The molecule has 192 valence electrons. The quantitative estimate of drug-likeness (QED) is 0.102. The van der Waals surface area contributed by atoms with Crippen LogP contribution in [0.2, 0.25) is 0 Å². The molecule has 0 heterocycles. The molecule has 2 unspecified atom stereocenters. The van der Waals surface area contributed by atoms with Crippen molar-refractivity contribution >= 4 is 5.97 Å². The van der Waals surface area contributed by atoms with Crippen LogP contribution in [0.5, 0.6) is 0 Å². The Morgan fingerprint density at radius 1 is 0.531 bits per heavy atom. The van der Waals surface area contributed by atoms with Crippen LogP contribution in [0, 0.1) is 11.8 Å². The number of hydrogen-bond acceptors (Lipinski definition) is 2. The first-order chi connectivity index (χ1) is 15.7. The lowest BCUT2D eigenvalue weighted by molar-refractivity contribution is -0.149. The number of hydrogen-bond donors (Lipinski definition) is 0. The lowest BCUT2D eigenvalue weighted by atomic mass is 9.94. The molecule has 0 aromatic rings. The smallest absolute Gasteiger partial charge is 0.308 e. The molecule has 0 aromatic heterocycles. The van der Waals surface area contributed by atoms with Crippen molar-refractivity contribution in [3.63, 3.8) is 0 Å². The molecule has 2 atom stereocenters. The minimum absolute atomic E-state index is 0.0316. The molecule has 0 aliphatic rings. The maximum Gasteiger partial charge on any atom is 0.308 e. The van der Waals surface area contributed by atoms with E-state index in [1.165, 1.54) is 122 Å². The lowest BCUT2D eigenvalue weighted by Gasteiger charge is -2.19. The van der Waals surface area contributed by atoms with Crippen LogP contribution in [0.15, 0.2) is 0 Å². The second-order valence-electron chi connectivity index (χ2n) is 10.4. The van der Waals surface area contributed by atoms with E-state index in [0.717, 1.165) is 19.3 Å². The summed E-state index contributed by atoms with van der Waals surface area (Å²) in [5.74, 6) is 0.665. The highest BCUT2D eigenvalue weighted by Crippen LogP contribution is 2.21. The lowest BCUT2D eigenvalue weighted by Crippen LogP contribution is -2.19. The van der Waals surface area contributed by atoms with Gasteiger partial charge in [0.25, 0.3) is 0 Å². The Morgan fingerprint density at radius 2 is 0.906 bits per heavy atom. The maximum atomic E-state index is 12.3. The second kappa shape index (κ2) is 25.1. The van der Waals surface area contributed by atoms with E-state index in [1.54, 1.807) is 0 Å². The van der Waals surface area contributed by atoms with Gasteiger partial charge in [0.15, 0.2) is 0 Å². The molecule has 0 N–H and O–H groups in total. The number of rotatable bonds is 25. The molecular weight excluding hydrogens is 392 g/mol. The molecule has 2 heteroatoms. The first kappa shape index (κ1) is 31.5. The van der Waals surface area contributed by atoms with E-state index in [0.29, 0.717) is 12.5 Å². The summed E-state index contributed by atoms with van der Waals surface area (Å²) in [4.78, 5) is 12.3. The van der Waals surface area contributed by atoms with E-state index < -0.39 is 0 Å². The molecule has 0 radical (unpaired) electrons. The number of esters is 1. The van der Waals surface area contributed by atoms with Crippen molar-refractivity contribution in [2.45, 2.75) is 169 Å². The molecule has 0 bridgehead atoms. The predicted molar refractivity (Wildman–Crippen MR) is 142 cm³/mol. The molecule has 0 amide bonds. The zero-order valence-corrected chi connectivity index (χ0v) is 22.7. The van der Waals surface area contributed by atoms with Gasteiger partial charge in [0.1, 0.15) is 0 Å². The summed E-state index contributed by atoms with van der Waals surface area (Å²) in [5, 5.41) is 0. The van der Waals surface area contributed by atoms with Crippen LogP contribution < -0.4 is 0 Å². The Morgan fingerprint density at radius 3 is 1.31 bits per heavy atom. The second-order valence-corrected chi connectivity index (χ2v) is 10.4. The Balaban J connectivity index is 3.95. The van der Waals surface area contributed by atoms with Crippen LogP contribution in [0.4, 0.5) is 0 Å². The molecule has 0 spiro atoms. The average molecular weight is 453 g/mol. The molecule has 0 saturated heterocycles. The molecule has 0 aromatic carbocycles. The van der Waals surface area contributed by atoms with Crippen LogP contribution in [-0.2, 0) is 9.53 Å². The predicted octanol–water partition coefficient (Wildman–Crippen LogP) is 10.4. The van der Waals surface area contributed by atoms with Crippen LogP contribution in [-0.4, -0.2) is 12.6 Å². The van der Waals surface area contributed by atoms with Crippen molar-refractivity contribution < 1.29 is 9.53 Å². The van der Waals surface area contributed by atoms with Crippen LogP contribution >= 0.6 is 0 Å².